The molecule has 1 N–H and O–H groups in total. The number of halogens is 1. The predicted octanol–water partition coefficient (Wildman–Crippen LogP) is 4.91. The molecule has 0 atom stereocenters. The van der Waals surface area contributed by atoms with Crippen molar-refractivity contribution in [1.29, 1.82) is 0 Å². The SMILES string of the molecule is CCCCc1ccc(Nc2ccccc2F)cc1. The summed E-state index contributed by atoms with van der Waals surface area (Å²) in [5, 5.41) is 3.08. The van der Waals surface area contributed by atoms with Crippen LogP contribution in [0.5, 0.6) is 0 Å². The number of unbranched alkanes of at least 4 members (excludes halogenated alkanes) is 1. The van der Waals surface area contributed by atoms with Crippen molar-refractivity contribution < 1.29 is 4.39 Å². The maximum absolute atomic E-state index is 13.5. The van der Waals surface area contributed by atoms with Gasteiger partial charge in [-0.15, -0.1) is 0 Å². The first-order valence-electron chi connectivity index (χ1n) is 6.40. The molecule has 2 rings (SSSR count). The molecule has 2 heteroatoms. The molecule has 1 nitrogen and oxygen atoms in total. The summed E-state index contributed by atoms with van der Waals surface area (Å²) in [6.07, 6.45) is 3.52. The van der Waals surface area contributed by atoms with Crippen LogP contribution < -0.4 is 5.32 Å². The van der Waals surface area contributed by atoms with Gasteiger partial charge in [-0.25, -0.2) is 4.39 Å². The highest BCUT2D eigenvalue weighted by Gasteiger charge is 2.00. The molecule has 0 aliphatic rings. The van der Waals surface area contributed by atoms with Crippen LogP contribution in [0.15, 0.2) is 48.5 Å². The molecule has 2 aromatic carbocycles. The quantitative estimate of drug-likeness (QED) is 0.786. The van der Waals surface area contributed by atoms with Gasteiger partial charge in [0.1, 0.15) is 5.82 Å². The van der Waals surface area contributed by atoms with Crippen molar-refractivity contribution in [3.8, 4) is 0 Å². The fourth-order valence-corrected chi connectivity index (χ4v) is 1.85. The molecule has 0 fully saturated rings. The maximum Gasteiger partial charge on any atom is 0.146 e. The lowest BCUT2D eigenvalue weighted by Crippen LogP contribution is -1.93. The van der Waals surface area contributed by atoms with Crippen LogP contribution in [0, 0.1) is 5.82 Å². The van der Waals surface area contributed by atoms with Gasteiger partial charge in [-0.05, 0) is 42.7 Å². The van der Waals surface area contributed by atoms with E-state index in [0.29, 0.717) is 5.69 Å². The summed E-state index contributed by atoms with van der Waals surface area (Å²) >= 11 is 0. The summed E-state index contributed by atoms with van der Waals surface area (Å²) < 4.78 is 13.5. The van der Waals surface area contributed by atoms with Crippen LogP contribution in [0.25, 0.3) is 0 Å². The molecule has 0 amide bonds. The lowest BCUT2D eigenvalue weighted by atomic mass is 10.1. The first-order chi connectivity index (χ1) is 8.79. The minimum atomic E-state index is -0.229. The average Bonchev–Trinajstić information content (AvgIpc) is 2.41. The van der Waals surface area contributed by atoms with Crippen LogP contribution in [0.4, 0.5) is 15.8 Å². The van der Waals surface area contributed by atoms with E-state index in [-0.39, 0.29) is 5.82 Å². The Labute approximate surface area is 108 Å². The van der Waals surface area contributed by atoms with Crippen molar-refractivity contribution in [2.75, 3.05) is 5.32 Å². The molecule has 0 heterocycles. The zero-order chi connectivity index (χ0) is 12.8. The van der Waals surface area contributed by atoms with Crippen LogP contribution in [-0.4, -0.2) is 0 Å². The van der Waals surface area contributed by atoms with Gasteiger partial charge in [0, 0.05) is 5.69 Å². The number of benzene rings is 2. The molecular weight excluding hydrogens is 225 g/mol. The van der Waals surface area contributed by atoms with Crippen molar-refractivity contribution in [2.24, 2.45) is 0 Å². The van der Waals surface area contributed by atoms with E-state index in [1.165, 1.54) is 24.5 Å². The molecule has 18 heavy (non-hydrogen) atoms. The predicted molar refractivity (Wildman–Crippen MR) is 74.7 cm³/mol. The second-order valence-corrected chi connectivity index (χ2v) is 4.41. The second kappa shape index (κ2) is 6.20. The third kappa shape index (κ3) is 3.33. The van der Waals surface area contributed by atoms with E-state index < -0.39 is 0 Å². The number of rotatable bonds is 5. The summed E-state index contributed by atoms with van der Waals surface area (Å²) in [7, 11) is 0. The highest BCUT2D eigenvalue weighted by atomic mass is 19.1. The monoisotopic (exact) mass is 243 g/mol. The summed E-state index contributed by atoms with van der Waals surface area (Å²) in [6.45, 7) is 2.19. The van der Waals surface area contributed by atoms with Crippen molar-refractivity contribution in [3.05, 3.63) is 59.9 Å². The highest BCUT2D eigenvalue weighted by Crippen LogP contribution is 2.20. The first kappa shape index (κ1) is 12.6. The Bertz CT molecular complexity index is 491. The zero-order valence-corrected chi connectivity index (χ0v) is 10.6. The van der Waals surface area contributed by atoms with E-state index in [1.54, 1.807) is 12.1 Å². The van der Waals surface area contributed by atoms with E-state index in [9.17, 15) is 4.39 Å². The molecule has 0 aromatic heterocycles. The second-order valence-electron chi connectivity index (χ2n) is 4.41. The van der Waals surface area contributed by atoms with Gasteiger partial charge in [0.15, 0.2) is 0 Å². The molecule has 2 aromatic rings. The number of hydrogen-bond donors (Lipinski definition) is 1. The van der Waals surface area contributed by atoms with Gasteiger partial charge in [-0.1, -0.05) is 37.6 Å². The van der Waals surface area contributed by atoms with Crippen LogP contribution in [0.2, 0.25) is 0 Å². The van der Waals surface area contributed by atoms with E-state index in [4.69, 9.17) is 0 Å². The minimum absolute atomic E-state index is 0.229. The molecule has 94 valence electrons. The van der Waals surface area contributed by atoms with Crippen LogP contribution >= 0.6 is 0 Å². The Kier molecular flexibility index (Phi) is 4.35. The van der Waals surface area contributed by atoms with Crippen LogP contribution in [0.1, 0.15) is 25.3 Å². The lowest BCUT2D eigenvalue weighted by Gasteiger charge is -2.08. The minimum Gasteiger partial charge on any atom is -0.353 e. The molecule has 0 saturated carbocycles. The first-order valence-corrected chi connectivity index (χ1v) is 6.40. The molecule has 0 bridgehead atoms. The molecule has 0 aliphatic carbocycles. The highest BCUT2D eigenvalue weighted by molar-refractivity contribution is 5.60. The summed E-state index contributed by atoms with van der Waals surface area (Å²) in [5.41, 5.74) is 2.76. The Morgan fingerprint density at radius 3 is 2.39 bits per heavy atom. The van der Waals surface area contributed by atoms with Gasteiger partial charge in [0.25, 0.3) is 0 Å². The van der Waals surface area contributed by atoms with Gasteiger partial charge >= 0.3 is 0 Å². The lowest BCUT2D eigenvalue weighted by molar-refractivity contribution is 0.632. The smallest absolute Gasteiger partial charge is 0.146 e. The number of hydrogen-bond acceptors (Lipinski definition) is 1. The van der Waals surface area contributed by atoms with Gasteiger partial charge in [-0.2, -0.15) is 0 Å². The average molecular weight is 243 g/mol. The maximum atomic E-state index is 13.5. The van der Waals surface area contributed by atoms with Gasteiger partial charge < -0.3 is 5.32 Å². The Hall–Kier alpha value is -1.83. The number of anilines is 2. The molecule has 0 radical (unpaired) electrons. The van der Waals surface area contributed by atoms with Crippen LogP contribution in [0.3, 0.4) is 0 Å². The van der Waals surface area contributed by atoms with Crippen molar-refractivity contribution in [2.45, 2.75) is 26.2 Å². The van der Waals surface area contributed by atoms with E-state index in [1.807, 2.05) is 18.2 Å². The normalized spacial score (nSPS) is 10.3. The molecule has 0 saturated heterocycles. The van der Waals surface area contributed by atoms with Crippen LogP contribution in [-0.2, 0) is 6.42 Å². The summed E-state index contributed by atoms with van der Waals surface area (Å²) in [6, 6.07) is 14.9. The molecule has 0 spiro atoms. The van der Waals surface area contributed by atoms with E-state index in [0.717, 1.165) is 12.1 Å². The third-order valence-electron chi connectivity index (χ3n) is 2.93. The Balaban J connectivity index is 2.04. The van der Waals surface area contributed by atoms with Gasteiger partial charge in [-0.3, -0.25) is 0 Å². The number of nitrogens with one attached hydrogen (secondary N) is 1. The molecule has 0 unspecified atom stereocenters. The summed E-state index contributed by atoms with van der Waals surface area (Å²) in [4.78, 5) is 0. The topological polar surface area (TPSA) is 12.0 Å². The zero-order valence-electron chi connectivity index (χ0n) is 10.6. The van der Waals surface area contributed by atoms with E-state index in [2.05, 4.69) is 24.4 Å². The fourth-order valence-electron chi connectivity index (χ4n) is 1.85. The summed E-state index contributed by atoms with van der Waals surface area (Å²) in [5.74, 6) is -0.229. The van der Waals surface area contributed by atoms with Crippen molar-refractivity contribution in [1.82, 2.24) is 0 Å². The molecule has 0 aliphatic heterocycles. The number of para-hydroxylation sites is 1. The van der Waals surface area contributed by atoms with Gasteiger partial charge in [0.2, 0.25) is 0 Å². The van der Waals surface area contributed by atoms with Crippen molar-refractivity contribution in [3.63, 3.8) is 0 Å². The standard InChI is InChI=1S/C16H18FN/c1-2-3-6-13-9-11-14(12-10-13)18-16-8-5-4-7-15(16)17/h4-5,7-12,18H,2-3,6H2,1H3. The largest absolute Gasteiger partial charge is 0.353 e. The number of aryl methyl sites for hydroxylation is 1. The van der Waals surface area contributed by atoms with Gasteiger partial charge in [0.05, 0.1) is 5.69 Å². The fraction of sp³-hybridized carbons (Fsp3) is 0.250. The van der Waals surface area contributed by atoms with Crippen molar-refractivity contribution >= 4 is 11.4 Å². The Morgan fingerprint density at radius 1 is 1.00 bits per heavy atom. The van der Waals surface area contributed by atoms with E-state index >= 15 is 0 Å². The molecular formula is C16H18FN. The third-order valence-corrected chi connectivity index (χ3v) is 2.93. The Morgan fingerprint density at radius 2 is 1.72 bits per heavy atom.